The molecule has 1 aliphatic carbocycles. The third-order valence-electron chi connectivity index (χ3n) is 7.43. The van der Waals surface area contributed by atoms with Crippen LogP contribution in [0.3, 0.4) is 0 Å². The SMILES string of the molecule is Nc1nc(Nc2cnn(Cc3ccccn3)c2)nc(-c2cccc(-n3ccc4cc(C5CC5)cc(F)c4c3=O)c2CO)n1. The number of rotatable bonds is 8. The molecular formula is C31H26FN9O2. The molecule has 214 valence electrons. The van der Waals surface area contributed by atoms with Crippen LogP contribution in [-0.4, -0.2) is 39.4 Å². The lowest BCUT2D eigenvalue weighted by Crippen LogP contribution is -2.20. The number of nitrogens with two attached hydrogens (primary N) is 1. The first-order valence-corrected chi connectivity index (χ1v) is 13.8. The molecule has 7 rings (SSSR count). The van der Waals surface area contributed by atoms with Crippen molar-refractivity contribution in [2.45, 2.75) is 31.9 Å². The number of benzene rings is 2. The van der Waals surface area contributed by atoms with Crippen LogP contribution in [0.4, 0.5) is 22.0 Å². The van der Waals surface area contributed by atoms with Gasteiger partial charge in [0.1, 0.15) is 5.82 Å². The summed E-state index contributed by atoms with van der Waals surface area (Å²) in [5.41, 5.74) is 9.12. The van der Waals surface area contributed by atoms with E-state index in [1.54, 1.807) is 53.7 Å². The van der Waals surface area contributed by atoms with Gasteiger partial charge in [0.15, 0.2) is 5.82 Å². The van der Waals surface area contributed by atoms with E-state index in [0.29, 0.717) is 40.4 Å². The first-order valence-electron chi connectivity index (χ1n) is 13.8. The number of nitrogen functional groups attached to an aromatic ring is 1. The van der Waals surface area contributed by atoms with Gasteiger partial charge < -0.3 is 16.2 Å². The zero-order valence-corrected chi connectivity index (χ0v) is 22.9. The minimum Gasteiger partial charge on any atom is -0.392 e. The normalized spacial score (nSPS) is 13.0. The van der Waals surface area contributed by atoms with Crippen LogP contribution in [0, 0.1) is 5.82 Å². The molecule has 4 N–H and O–H groups in total. The zero-order valence-electron chi connectivity index (χ0n) is 22.9. The minimum atomic E-state index is -0.551. The Morgan fingerprint density at radius 1 is 1.07 bits per heavy atom. The highest BCUT2D eigenvalue weighted by Crippen LogP contribution is 2.41. The molecule has 2 aromatic carbocycles. The number of nitrogens with one attached hydrogen (secondary N) is 1. The van der Waals surface area contributed by atoms with Gasteiger partial charge in [-0.25, -0.2) is 4.39 Å². The number of aliphatic hydroxyl groups excluding tert-OH is 1. The smallest absolute Gasteiger partial charge is 0.265 e. The summed E-state index contributed by atoms with van der Waals surface area (Å²) in [6.45, 7) is 0.0488. The number of halogens is 1. The zero-order chi connectivity index (χ0) is 29.5. The highest BCUT2D eigenvalue weighted by atomic mass is 19.1. The van der Waals surface area contributed by atoms with Crippen molar-refractivity contribution in [1.29, 1.82) is 0 Å². The van der Waals surface area contributed by atoms with E-state index in [9.17, 15) is 9.90 Å². The Balaban J connectivity index is 1.23. The molecular weight excluding hydrogens is 549 g/mol. The first-order chi connectivity index (χ1) is 21.0. The molecule has 0 amide bonds. The molecule has 1 fully saturated rings. The first kappa shape index (κ1) is 26.4. The van der Waals surface area contributed by atoms with Gasteiger partial charge in [-0.1, -0.05) is 24.3 Å². The Kier molecular flexibility index (Phi) is 6.59. The van der Waals surface area contributed by atoms with Gasteiger partial charge in [0, 0.05) is 29.7 Å². The maximum atomic E-state index is 15.2. The molecule has 4 aromatic heterocycles. The lowest BCUT2D eigenvalue weighted by atomic mass is 10.0. The molecule has 1 saturated carbocycles. The van der Waals surface area contributed by atoms with Crippen molar-refractivity contribution in [3.05, 3.63) is 112 Å². The fourth-order valence-electron chi connectivity index (χ4n) is 5.24. The molecule has 0 aliphatic heterocycles. The van der Waals surface area contributed by atoms with Crippen LogP contribution in [0.1, 0.15) is 35.6 Å². The van der Waals surface area contributed by atoms with Crippen molar-refractivity contribution in [1.82, 2.24) is 34.3 Å². The van der Waals surface area contributed by atoms with Crippen LogP contribution in [0.25, 0.3) is 27.8 Å². The quantitative estimate of drug-likeness (QED) is 0.241. The number of aromatic nitrogens is 7. The predicted molar refractivity (Wildman–Crippen MR) is 159 cm³/mol. The van der Waals surface area contributed by atoms with Crippen LogP contribution >= 0.6 is 0 Å². The Hall–Kier alpha value is -5.49. The van der Waals surface area contributed by atoms with Gasteiger partial charge in [-0.2, -0.15) is 20.1 Å². The van der Waals surface area contributed by atoms with Crippen molar-refractivity contribution in [2.75, 3.05) is 11.1 Å². The molecule has 12 heteroatoms. The molecule has 0 bridgehead atoms. The summed E-state index contributed by atoms with van der Waals surface area (Å²) in [5, 5.41) is 18.5. The third-order valence-corrected chi connectivity index (χ3v) is 7.43. The second-order valence-electron chi connectivity index (χ2n) is 10.4. The molecule has 0 atom stereocenters. The highest BCUT2D eigenvalue weighted by Gasteiger charge is 2.25. The topological polar surface area (TPSA) is 150 Å². The average molecular weight is 576 g/mol. The van der Waals surface area contributed by atoms with Gasteiger partial charge >= 0.3 is 0 Å². The van der Waals surface area contributed by atoms with Crippen molar-refractivity contribution >= 4 is 28.4 Å². The number of pyridine rings is 2. The molecule has 1 aliphatic rings. The lowest BCUT2D eigenvalue weighted by Gasteiger charge is -2.16. The van der Waals surface area contributed by atoms with E-state index < -0.39 is 18.0 Å². The summed E-state index contributed by atoms with van der Waals surface area (Å²) in [6.07, 6.45) is 8.79. The average Bonchev–Trinajstić information content (AvgIpc) is 3.77. The second-order valence-corrected chi connectivity index (χ2v) is 10.4. The van der Waals surface area contributed by atoms with Crippen molar-refractivity contribution in [3.8, 4) is 17.1 Å². The molecule has 4 heterocycles. The number of hydrogen-bond acceptors (Lipinski definition) is 9. The lowest BCUT2D eigenvalue weighted by molar-refractivity contribution is 0.282. The van der Waals surface area contributed by atoms with E-state index in [2.05, 4.69) is 30.4 Å². The van der Waals surface area contributed by atoms with Crippen molar-refractivity contribution < 1.29 is 9.50 Å². The summed E-state index contributed by atoms with van der Waals surface area (Å²) >= 11 is 0. The molecule has 6 aromatic rings. The monoisotopic (exact) mass is 575 g/mol. The van der Waals surface area contributed by atoms with Crippen LogP contribution in [-0.2, 0) is 13.2 Å². The van der Waals surface area contributed by atoms with E-state index >= 15 is 4.39 Å². The van der Waals surface area contributed by atoms with Crippen LogP contribution < -0.4 is 16.6 Å². The van der Waals surface area contributed by atoms with Crippen molar-refractivity contribution in [3.63, 3.8) is 0 Å². The van der Waals surface area contributed by atoms with E-state index in [1.165, 1.54) is 10.6 Å². The maximum absolute atomic E-state index is 15.2. The minimum absolute atomic E-state index is 0.000627. The summed E-state index contributed by atoms with van der Waals surface area (Å²) in [5.74, 6) is 0.124. The number of hydrogen-bond donors (Lipinski definition) is 3. The van der Waals surface area contributed by atoms with E-state index in [0.717, 1.165) is 24.1 Å². The molecule has 0 spiro atoms. The fourth-order valence-corrected chi connectivity index (χ4v) is 5.24. The van der Waals surface area contributed by atoms with Crippen LogP contribution in [0.15, 0.2) is 84.2 Å². The second kappa shape index (κ2) is 10.7. The van der Waals surface area contributed by atoms with Gasteiger partial charge in [-0.3, -0.25) is 19.0 Å². The Morgan fingerprint density at radius 2 is 1.95 bits per heavy atom. The van der Waals surface area contributed by atoms with Crippen LogP contribution in [0.2, 0.25) is 0 Å². The van der Waals surface area contributed by atoms with Crippen LogP contribution in [0.5, 0.6) is 0 Å². The van der Waals surface area contributed by atoms with Gasteiger partial charge in [-0.15, -0.1) is 0 Å². The molecule has 0 saturated heterocycles. The predicted octanol–water partition coefficient (Wildman–Crippen LogP) is 4.32. The van der Waals surface area contributed by atoms with Gasteiger partial charge in [0.25, 0.3) is 5.56 Å². The molecule has 0 radical (unpaired) electrons. The molecule has 0 unspecified atom stereocenters. The van der Waals surface area contributed by atoms with Gasteiger partial charge in [0.2, 0.25) is 11.9 Å². The number of aliphatic hydroxyl groups is 1. The van der Waals surface area contributed by atoms with E-state index in [-0.39, 0.29) is 23.1 Å². The fraction of sp³-hybridized carbons (Fsp3) is 0.161. The van der Waals surface area contributed by atoms with E-state index in [1.807, 2.05) is 24.3 Å². The Bertz CT molecular complexity index is 2040. The Labute approximate surface area is 244 Å². The summed E-state index contributed by atoms with van der Waals surface area (Å²) in [6, 6.07) is 15.8. The summed E-state index contributed by atoms with van der Waals surface area (Å²) in [4.78, 5) is 30.9. The largest absolute Gasteiger partial charge is 0.392 e. The molecule has 11 nitrogen and oxygen atoms in total. The van der Waals surface area contributed by atoms with E-state index in [4.69, 9.17) is 5.73 Å². The standard InChI is InChI=1S/C31H26FN9O2/c32-25-13-20(18-7-8-18)12-19-9-11-41(29(43)27(19)25)26-6-3-5-23(24(26)17-42)28-37-30(33)39-31(38-28)36-22-14-35-40(16-22)15-21-4-1-2-10-34-21/h1-6,9-14,16,18,42H,7-8,15,17H2,(H3,33,36,37,38,39). The third kappa shape index (κ3) is 5.19. The number of anilines is 3. The number of fused-ring (bicyclic) bond motifs is 1. The maximum Gasteiger partial charge on any atom is 0.265 e. The Morgan fingerprint density at radius 3 is 2.74 bits per heavy atom. The summed E-state index contributed by atoms with van der Waals surface area (Å²) in [7, 11) is 0. The van der Waals surface area contributed by atoms with Crippen molar-refractivity contribution in [2.24, 2.45) is 0 Å². The van der Waals surface area contributed by atoms with Gasteiger partial charge in [0.05, 0.1) is 41.8 Å². The number of nitrogens with zero attached hydrogens (tertiary/aromatic N) is 7. The highest BCUT2D eigenvalue weighted by molar-refractivity contribution is 5.83. The van der Waals surface area contributed by atoms with Gasteiger partial charge in [-0.05, 0) is 60.0 Å². The molecule has 43 heavy (non-hydrogen) atoms. The summed E-state index contributed by atoms with van der Waals surface area (Å²) < 4.78 is 18.2.